The molecule has 0 aromatic heterocycles. The van der Waals surface area contributed by atoms with Gasteiger partial charge in [0.05, 0.1) is 26.6 Å². The van der Waals surface area contributed by atoms with E-state index in [1.807, 2.05) is 0 Å². The molecule has 2 aliphatic heterocycles. The number of carboxylic acids is 1. The molecule has 1 aromatic carbocycles. The van der Waals surface area contributed by atoms with Crippen molar-refractivity contribution in [1.29, 1.82) is 0 Å². The molecule has 0 spiro atoms. The fourth-order valence-corrected chi connectivity index (χ4v) is 3.08. The largest absolute Gasteiger partial charge is 0.507 e. The minimum absolute atomic E-state index is 0.118. The van der Waals surface area contributed by atoms with E-state index in [-0.39, 0.29) is 28.7 Å². The van der Waals surface area contributed by atoms with Crippen LogP contribution in [0.5, 0.6) is 11.5 Å². The van der Waals surface area contributed by atoms with Gasteiger partial charge >= 0.3 is 5.97 Å². The fourth-order valence-electron chi connectivity index (χ4n) is 3.08. The summed E-state index contributed by atoms with van der Waals surface area (Å²) < 4.78 is 10.9. The monoisotopic (exact) mass is 332 g/mol. The van der Waals surface area contributed by atoms with E-state index in [9.17, 15) is 15.0 Å². The predicted octanol–water partition coefficient (Wildman–Crippen LogP) is 0.0104. The van der Waals surface area contributed by atoms with E-state index in [1.165, 1.54) is 0 Å². The van der Waals surface area contributed by atoms with Crippen molar-refractivity contribution in [3.05, 3.63) is 23.3 Å². The van der Waals surface area contributed by atoms with E-state index in [1.54, 1.807) is 12.1 Å². The molecule has 0 unspecified atom stereocenters. The van der Waals surface area contributed by atoms with Crippen molar-refractivity contribution in [2.24, 2.45) is 5.73 Å². The minimum atomic E-state index is -1.22. The van der Waals surface area contributed by atoms with Gasteiger partial charge in [-0.05, 0) is 18.1 Å². The van der Waals surface area contributed by atoms with Gasteiger partial charge < -0.3 is 25.4 Å². The van der Waals surface area contributed by atoms with Crippen molar-refractivity contribution in [2.75, 3.05) is 32.8 Å². The third-order valence-electron chi connectivity index (χ3n) is 4.39. The number of aryl methyl sites for hydroxylation is 1. The molecule has 1 aromatic rings. The number of hydrogen-bond donors (Lipinski definition) is 3. The van der Waals surface area contributed by atoms with Gasteiger partial charge in [0.2, 0.25) is 0 Å². The molecule has 8 heteroatoms. The summed E-state index contributed by atoms with van der Waals surface area (Å²) in [5.41, 5.74) is 6.13. The molecule has 2 aliphatic rings. The van der Waals surface area contributed by atoms with Gasteiger partial charge in [-0.15, -0.1) is 0 Å². The Morgan fingerprint density at radius 3 is 2.71 bits per heavy atom. The van der Waals surface area contributed by atoms with E-state index in [2.05, 4.69) is 4.90 Å². The van der Waals surface area contributed by atoms with Crippen LogP contribution >= 0.6 is 0 Å². The summed E-state index contributed by atoms with van der Waals surface area (Å²) in [6.07, 6.45) is 0.617. The molecule has 0 saturated carbocycles. The van der Waals surface area contributed by atoms with E-state index in [0.29, 0.717) is 44.6 Å². The van der Waals surface area contributed by atoms with Gasteiger partial charge in [-0.1, -0.05) is 12.4 Å². The summed E-state index contributed by atoms with van der Waals surface area (Å²) in [5, 5.41) is 19.5. The normalized spacial score (nSPS) is 20.2. The Bertz CT molecular complexity index is 629. The highest BCUT2D eigenvalue weighted by molar-refractivity contribution is 6.08. The number of phenols is 1. The molecule has 0 aliphatic carbocycles. The van der Waals surface area contributed by atoms with Crippen LogP contribution in [0.25, 0.3) is 0 Å². The third kappa shape index (κ3) is 3.36. The molecule has 7 nitrogen and oxygen atoms in total. The summed E-state index contributed by atoms with van der Waals surface area (Å²) >= 11 is 0. The van der Waals surface area contributed by atoms with Crippen LogP contribution in [0.4, 0.5) is 0 Å². The molecule has 2 fully saturated rings. The average Bonchev–Trinajstić information content (AvgIpc) is 2.45. The molecule has 2 heterocycles. The smallest absolute Gasteiger partial charge is 0.343 e. The Balaban J connectivity index is 1.63. The maximum absolute atomic E-state index is 11.5. The van der Waals surface area contributed by atoms with Crippen molar-refractivity contribution in [1.82, 2.24) is 4.90 Å². The highest BCUT2D eigenvalue weighted by Gasteiger charge is 2.40. The number of benzene rings is 1. The first kappa shape index (κ1) is 17.1. The van der Waals surface area contributed by atoms with Crippen LogP contribution in [0.3, 0.4) is 0 Å². The Morgan fingerprint density at radius 1 is 1.46 bits per heavy atom. The average molecular weight is 332 g/mol. The highest BCUT2D eigenvalue weighted by Crippen LogP contribution is 2.34. The highest BCUT2D eigenvalue weighted by atomic mass is 16.5. The molecular weight excluding hydrogens is 311 g/mol. The predicted molar refractivity (Wildman–Crippen MR) is 87.9 cm³/mol. The van der Waals surface area contributed by atoms with Gasteiger partial charge in [0.1, 0.15) is 23.2 Å². The number of carboxylic acid groups (broad SMARTS) is 1. The van der Waals surface area contributed by atoms with E-state index in [0.717, 1.165) is 6.54 Å². The third-order valence-corrected chi connectivity index (χ3v) is 4.39. The number of rotatable bonds is 7. The zero-order valence-electron chi connectivity index (χ0n) is 13.4. The maximum atomic E-state index is 11.5. The van der Waals surface area contributed by atoms with Crippen molar-refractivity contribution in [3.8, 4) is 11.5 Å². The van der Waals surface area contributed by atoms with Crippen LogP contribution in [0.15, 0.2) is 12.1 Å². The van der Waals surface area contributed by atoms with Gasteiger partial charge in [-0.2, -0.15) is 0 Å². The molecule has 0 atom stereocenters. The number of nitrogens with two attached hydrogens (primary N) is 1. The van der Waals surface area contributed by atoms with Gasteiger partial charge in [0.15, 0.2) is 0 Å². The molecule has 128 valence electrons. The number of nitrogens with zero attached hydrogens (tertiary/aromatic N) is 1. The van der Waals surface area contributed by atoms with Crippen molar-refractivity contribution in [3.63, 3.8) is 0 Å². The van der Waals surface area contributed by atoms with Crippen LogP contribution in [-0.2, 0) is 11.2 Å². The molecule has 0 bridgehead atoms. The first-order chi connectivity index (χ1) is 11.4. The van der Waals surface area contributed by atoms with Crippen molar-refractivity contribution < 1.29 is 24.5 Å². The topological polar surface area (TPSA) is 105 Å². The van der Waals surface area contributed by atoms with Crippen LogP contribution in [-0.4, -0.2) is 73.4 Å². The van der Waals surface area contributed by atoms with Gasteiger partial charge in [0, 0.05) is 19.6 Å². The lowest BCUT2D eigenvalue weighted by Gasteiger charge is -2.47. The first-order valence-corrected chi connectivity index (χ1v) is 7.96. The number of carbonyl (C=O) groups is 1. The van der Waals surface area contributed by atoms with E-state index in [4.69, 9.17) is 23.1 Å². The number of hydrogen-bond acceptors (Lipinski definition) is 6. The van der Waals surface area contributed by atoms with Gasteiger partial charge in [-0.3, -0.25) is 4.90 Å². The van der Waals surface area contributed by atoms with E-state index >= 15 is 0 Å². The van der Waals surface area contributed by atoms with E-state index < -0.39 is 5.97 Å². The number of likely N-dealkylation sites (tertiary alicyclic amines) is 1. The molecule has 4 N–H and O–H groups in total. The molecule has 2 radical (unpaired) electrons. The van der Waals surface area contributed by atoms with Crippen molar-refractivity contribution in [2.45, 2.75) is 24.4 Å². The second-order valence-electron chi connectivity index (χ2n) is 6.58. The Hall–Kier alpha value is -1.77. The second-order valence-corrected chi connectivity index (χ2v) is 6.58. The summed E-state index contributed by atoms with van der Waals surface area (Å²) in [5.74, 6) is -1.31. The molecule has 2 saturated heterocycles. The Morgan fingerprint density at radius 2 is 2.17 bits per heavy atom. The van der Waals surface area contributed by atoms with Gasteiger partial charge in [0.25, 0.3) is 0 Å². The zero-order valence-corrected chi connectivity index (χ0v) is 13.4. The van der Waals surface area contributed by atoms with Crippen LogP contribution < -0.4 is 10.5 Å². The summed E-state index contributed by atoms with van der Waals surface area (Å²) in [4.78, 5) is 13.6. The molecule has 0 amide bonds. The summed E-state index contributed by atoms with van der Waals surface area (Å²) in [6.45, 7) is 3.20. The first-order valence-electron chi connectivity index (χ1n) is 7.96. The number of aromatic carboxylic acids is 1. The molecule has 24 heavy (non-hydrogen) atoms. The molecular formula is C16H21BN2O5. The lowest BCUT2D eigenvalue weighted by Crippen LogP contribution is -2.67. The number of ether oxygens (including phenoxy) is 2. The Kier molecular flexibility index (Phi) is 4.71. The maximum Gasteiger partial charge on any atom is 0.343 e. The lowest BCUT2D eigenvalue weighted by molar-refractivity contribution is -0.0888. The van der Waals surface area contributed by atoms with Crippen LogP contribution in [0.1, 0.15) is 15.9 Å². The minimum Gasteiger partial charge on any atom is -0.507 e. The van der Waals surface area contributed by atoms with Crippen molar-refractivity contribution >= 4 is 13.8 Å². The summed E-state index contributed by atoms with van der Waals surface area (Å²) in [6, 6.07) is 3.24. The lowest BCUT2D eigenvalue weighted by atomic mass is 9.95. The summed E-state index contributed by atoms with van der Waals surface area (Å²) in [7, 11) is 5.47. The van der Waals surface area contributed by atoms with Crippen LogP contribution in [0.2, 0.25) is 6.32 Å². The zero-order chi connectivity index (χ0) is 17.3. The Labute approximate surface area is 141 Å². The SMILES string of the molecule is [B]CCc1ccc(OC2CN(CC3(N)COC3)C2)c(C(=O)O)c1O. The van der Waals surface area contributed by atoms with Gasteiger partial charge in [-0.25, -0.2) is 4.79 Å². The molecule has 3 rings (SSSR count). The van der Waals surface area contributed by atoms with Crippen LogP contribution in [0, 0.1) is 0 Å². The quantitative estimate of drug-likeness (QED) is 0.604. The standard InChI is InChI=1S/C16H21BN2O5/c17-4-3-10-1-2-12(13(14(10)20)15(21)22)24-11-5-19(6-11)7-16(18)8-23-9-16/h1-2,11,20H,3-9,18H2,(H,21,22). The second kappa shape index (κ2) is 6.62. The number of aromatic hydroxyl groups is 1. The fraction of sp³-hybridized carbons (Fsp3) is 0.562.